The lowest BCUT2D eigenvalue weighted by molar-refractivity contribution is 0.0672. The molecule has 0 amide bonds. The van der Waals surface area contributed by atoms with Crippen molar-refractivity contribution in [2.45, 2.75) is 58.8 Å². The van der Waals surface area contributed by atoms with E-state index >= 15 is 0 Å². The molecule has 1 N–H and O–H groups in total. The number of rotatable bonds is 7. The highest BCUT2D eigenvalue weighted by molar-refractivity contribution is 4.90. The molecule has 0 saturated heterocycles. The fourth-order valence-electron chi connectivity index (χ4n) is 4.32. The first-order chi connectivity index (χ1) is 9.17. The first-order valence-corrected chi connectivity index (χ1v) is 8.54. The van der Waals surface area contributed by atoms with Gasteiger partial charge in [-0.3, -0.25) is 0 Å². The zero-order valence-corrected chi connectivity index (χ0v) is 13.4. The normalized spacial score (nSPS) is 32.5. The topological polar surface area (TPSA) is 15.3 Å². The summed E-state index contributed by atoms with van der Waals surface area (Å²) in [7, 11) is 2.13. The largest absolute Gasteiger partial charge is 0.319 e. The molecule has 0 radical (unpaired) electrons. The van der Waals surface area contributed by atoms with E-state index in [4.69, 9.17) is 0 Å². The third-order valence-corrected chi connectivity index (χ3v) is 5.48. The Balaban J connectivity index is 1.92. The molecular weight excluding hydrogens is 232 g/mol. The minimum absolute atomic E-state index is 0.548. The number of nitrogens with one attached hydrogen (secondary N) is 1. The Kier molecular flexibility index (Phi) is 5.70. The van der Waals surface area contributed by atoms with Crippen LogP contribution in [0, 0.1) is 17.3 Å². The number of hydrogen-bond acceptors (Lipinski definition) is 2. The average Bonchev–Trinajstić information content (AvgIpc) is 2.32. The molecule has 2 fully saturated rings. The lowest BCUT2D eigenvalue weighted by Crippen LogP contribution is -2.47. The monoisotopic (exact) mass is 266 g/mol. The van der Waals surface area contributed by atoms with Crippen LogP contribution in [0.25, 0.3) is 0 Å². The van der Waals surface area contributed by atoms with Crippen molar-refractivity contribution in [1.29, 1.82) is 0 Å². The van der Waals surface area contributed by atoms with Crippen molar-refractivity contribution in [3.63, 3.8) is 0 Å². The summed E-state index contributed by atoms with van der Waals surface area (Å²) >= 11 is 0. The zero-order chi connectivity index (χ0) is 13.7. The van der Waals surface area contributed by atoms with Crippen LogP contribution in [0.4, 0.5) is 0 Å². The maximum Gasteiger partial charge on any atom is 0.00502 e. The summed E-state index contributed by atoms with van der Waals surface area (Å²) in [6.45, 7) is 9.92. The molecule has 0 spiro atoms. The average molecular weight is 266 g/mol. The van der Waals surface area contributed by atoms with Gasteiger partial charge in [-0.2, -0.15) is 0 Å². The number of hydrogen-bond donors (Lipinski definition) is 1. The predicted molar refractivity (Wildman–Crippen MR) is 83.4 cm³/mol. The van der Waals surface area contributed by atoms with Gasteiger partial charge in [-0.1, -0.05) is 33.1 Å². The summed E-state index contributed by atoms with van der Waals surface area (Å²) in [6, 6.07) is 0. The molecule has 0 aromatic rings. The standard InChI is InChI=1S/C17H34N2/c1-4-19(12-16-8-5-9-16)14-17(13-18-3)10-6-7-15(2)11-17/h15-16,18H,4-14H2,1-3H3. The maximum absolute atomic E-state index is 3.48. The van der Waals surface area contributed by atoms with Gasteiger partial charge in [0.15, 0.2) is 0 Å². The van der Waals surface area contributed by atoms with Crippen molar-refractivity contribution in [3.05, 3.63) is 0 Å². The number of nitrogens with zero attached hydrogens (tertiary/aromatic N) is 1. The minimum Gasteiger partial charge on any atom is -0.319 e. The van der Waals surface area contributed by atoms with Crippen molar-refractivity contribution in [2.75, 3.05) is 33.2 Å². The molecule has 112 valence electrons. The molecule has 0 aliphatic heterocycles. The Morgan fingerprint density at radius 3 is 2.53 bits per heavy atom. The van der Waals surface area contributed by atoms with Gasteiger partial charge < -0.3 is 10.2 Å². The second-order valence-electron chi connectivity index (χ2n) is 7.36. The van der Waals surface area contributed by atoms with E-state index in [-0.39, 0.29) is 0 Å². The molecule has 2 heteroatoms. The molecule has 0 heterocycles. The van der Waals surface area contributed by atoms with E-state index in [1.54, 1.807) is 0 Å². The van der Waals surface area contributed by atoms with E-state index in [0.717, 1.165) is 11.8 Å². The van der Waals surface area contributed by atoms with Gasteiger partial charge in [-0.25, -0.2) is 0 Å². The van der Waals surface area contributed by atoms with Crippen LogP contribution in [0.1, 0.15) is 58.8 Å². The van der Waals surface area contributed by atoms with E-state index in [0.29, 0.717) is 5.41 Å². The summed E-state index contributed by atoms with van der Waals surface area (Å²) in [5, 5.41) is 3.48. The van der Waals surface area contributed by atoms with E-state index in [1.165, 1.54) is 71.1 Å². The van der Waals surface area contributed by atoms with Gasteiger partial charge in [-0.15, -0.1) is 0 Å². The van der Waals surface area contributed by atoms with Crippen LogP contribution in [0.5, 0.6) is 0 Å². The van der Waals surface area contributed by atoms with Crippen molar-refractivity contribution in [3.8, 4) is 0 Å². The predicted octanol–water partition coefficient (Wildman–Crippen LogP) is 3.52. The molecular formula is C17H34N2. The molecule has 2 aliphatic rings. The van der Waals surface area contributed by atoms with Crippen LogP contribution in [-0.2, 0) is 0 Å². The zero-order valence-electron chi connectivity index (χ0n) is 13.4. The molecule has 2 rings (SSSR count). The lowest BCUT2D eigenvalue weighted by atomic mass is 9.69. The lowest BCUT2D eigenvalue weighted by Gasteiger charge is -2.44. The van der Waals surface area contributed by atoms with Crippen molar-refractivity contribution in [1.82, 2.24) is 10.2 Å². The fraction of sp³-hybridized carbons (Fsp3) is 1.00. The summed E-state index contributed by atoms with van der Waals surface area (Å²) < 4.78 is 0. The summed E-state index contributed by atoms with van der Waals surface area (Å²) in [5.74, 6) is 1.93. The second-order valence-corrected chi connectivity index (χ2v) is 7.36. The smallest absolute Gasteiger partial charge is 0.00502 e. The van der Waals surface area contributed by atoms with E-state index < -0.39 is 0 Å². The van der Waals surface area contributed by atoms with Gasteiger partial charge in [0.05, 0.1) is 0 Å². The first kappa shape index (κ1) is 15.3. The molecule has 2 atom stereocenters. The maximum atomic E-state index is 3.48. The summed E-state index contributed by atoms with van der Waals surface area (Å²) in [4.78, 5) is 2.75. The molecule has 2 unspecified atom stereocenters. The SMILES string of the molecule is CCN(CC1CCC1)CC1(CNC)CCCC(C)C1. The van der Waals surface area contributed by atoms with Gasteiger partial charge >= 0.3 is 0 Å². The minimum atomic E-state index is 0.548. The van der Waals surface area contributed by atoms with E-state index in [9.17, 15) is 0 Å². The summed E-state index contributed by atoms with van der Waals surface area (Å²) in [6.07, 6.45) is 10.2. The van der Waals surface area contributed by atoms with Crippen molar-refractivity contribution >= 4 is 0 Å². The first-order valence-electron chi connectivity index (χ1n) is 8.54. The van der Waals surface area contributed by atoms with Crippen LogP contribution in [0.2, 0.25) is 0 Å². The van der Waals surface area contributed by atoms with Crippen LogP contribution in [0.3, 0.4) is 0 Å². The highest BCUT2D eigenvalue weighted by Crippen LogP contribution is 2.40. The van der Waals surface area contributed by atoms with Crippen LogP contribution < -0.4 is 5.32 Å². The Bertz CT molecular complexity index is 258. The highest BCUT2D eigenvalue weighted by Gasteiger charge is 2.36. The summed E-state index contributed by atoms with van der Waals surface area (Å²) in [5.41, 5.74) is 0.548. The molecule has 0 aromatic carbocycles. The van der Waals surface area contributed by atoms with Crippen LogP contribution in [-0.4, -0.2) is 38.1 Å². The van der Waals surface area contributed by atoms with Gasteiger partial charge in [0, 0.05) is 19.6 Å². The van der Waals surface area contributed by atoms with Gasteiger partial charge in [0.2, 0.25) is 0 Å². The van der Waals surface area contributed by atoms with E-state index in [2.05, 4.69) is 31.1 Å². The Hall–Kier alpha value is -0.0800. The van der Waals surface area contributed by atoms with Crippen molar-refractivity contribution < 1.29 is 0 Å². The molecule has 0 bridgehead atoms. The Morgan fingerprint density at radius 1 is 1.21 bits per heavy atom. The molecule has 19 heavy (non-hydrogen) atoms. The molecule has 2 aliphatic carbocycles. The Morgan fingerprint density at radius 2 is 2.00 bits per heavy atom. The van der Waals surface area contributed by atoms with Gasteiger partial charge in [0.1, 0.15) is 0 Å². The fourth-order valence-corrected chi connectivity index (χ4v) is 4.32. The van der Waals surface area contributed by atoms with Gasteiger partial charge in [0.25, 0.3) is 0 Å². The van der Waals surface area contributed by atoms with Gasteiger partial charge in [-0.05, 0) is 56.5 Å². The third-order valence-electron chi connectivity index (χ3n) is 5.48. The molecule has 0 aromatic heterocycles. The Labute approximate surface area is 120 Å². The van der Waals surface area contributed by atoms with Crippen molar-refractivity contribution in [2.24, 2.45) is 17.3 Å². The quantitative estimate of drug-likeness (QED) is 0.758. The molecule has 2 nitrogen and oxygen atoms in total. The highest BCUT2D eigenvalue weighted by atomic mass is 15.1. The van der Waals surface area contributed by atoms with E-state index in [1.807, 2.05) is 0 Å². The van der Waals surface area contributed by atoms with Crippen LogP contribution >= 0.6 is 0 Å². The third kappa shape index (κ3) is 4.19. The van der Waals surface area contributed by atoms with Crippen LogP contribution in [0.15, 0.2) is 0 Å². The molecule has 2 saturated carbocycles. The second kappa shape index (κ2) is 7.08.